The molecule has 1 saturated heterocycles. The Kier molecular flexibility index (Phi) is 5.20. The zero-order chi connectivity index (χ0) is 15.4. The lowest BCUT2D eigenvalue weighted by molar-refractivity contribution is -0.123. The van der Waals surface area contributed by atoms with Gasteiger partial charge in [0.15, 0.2) is 0 Å². The Hall–Kier alpha value is -1.59. The second kappa shape index (κ2) is 6.91. The van der Waals surface area contributed by atoms with Crippen LogP contribution in [0, 0.1) is 5.92 Å². The van der Waals surface area contributed by atoms with Crippen LogP contribution in [0.25, 0.3) is 0 Å². The lowest BCUT2D eigenvalue weighted by Crippen LogP contribution is -2.53. The Bertz CT molecular complexity index is 475. The lowest BCUT2D eigenvalue weighted by Gasteiger charge is -2.35. The van der Waals surface area contributed by atoms with Gasteiger partial charge in [-0.2, -0.15) is 0 Å². The Balaban J connectivity index is 1.86. The minimum absolute atomic E-state index is 0.0931. The van der Waals surface area contributed by atoms with E-state index in [1.54, 1.807) is 24.3 Å². The molecule has 21 heavy (non-hydrogen) atoms. The van der Waals surface area contributed by atoms with Gasteiger partial charge in [0.1, 0.15) is 5.75 Å². The van der Waals surface area contributed by atoms with E-state index in [0.717, 1.165) is 25.1 Å². The monoisotopic (exact) mass is 291 g/mol. The molecule has 1 aromatic carbocycles. The molecule has 1 amide bonds. The van der Waals surface area contributed by atoms with E-state index in [-0.39, 0.29) is 17.7 Å². The molecule has 2 rings (SSSR count). The molecule has 5 heteroatoms. The number of amides is 1. The molecule has 2 unspecified atom stereocenters. The number of nitrogens with two attached hydrogens (primary N) is 1. The van der Waals surface area contributed by atoms with E-state index in [1.807, 2.05) is 0 Å². The number of aromatic hydroxyl groups is 1. The van der Waals surface area contributed by atoms with Gasteiger partial charge in [0, 0.05) is 12.6 Å². The summed E-state index contributed by atoms with van der Waals surface area (Å²) in [5, 5.41) is 12.3. The number of rotatable bonds is 4. The number of carbonyl (C=O) groups excluding carboxylic acids is 1. The first-order valence-electron chi connectivity index (χ1n) is 7.48. The molecule has 4 N–H and O–H groups in total. The lowest BCUT2D eigenvalue weighted by atomic mass is 9.93. The van der Waals surface area contributed by atoms with Crippen molar-refractivity contribution in [2.24, 2.45) is 11.7 Å². The third kappa shape index (κ3) is 4.44. The SMILES string of the molecule is CC1CN(C)CCC1NC(=O)[C@H](N)Cc1ccc(O)cc1. The van der Waals surface area contributed by atoms with Crippen LogP contribution in [0.2, 0.25) is 0 Å². The number of carbonyl (C=O) groups is 1. The Morgan fingerprint density at radius 2 is 2.14 bits per heavy atom. The van der Waals surface area contributed by atoms with Gasteiger partial charge in [0.05, 0.1) is 6.04 Å². The molecule has 1 aromatic rings. The number of piperidine rings is 1. The fourth-order valence-electron chi connectivity index (χ4n) is 2.84. The number of nitrogens with zero attached hydrogens (tertiary/aromatic N) is 1. The van der Waals surface area contributed by atoms with E-state index in [1.165, 1.54) is 0 Å². The molecule has 1 aliphatic rings. The second-order valence-electron chi connectivity index (χ2n) is 6.12. The average molecular weight is 291 g/mol. The summed E-state index contributed by atoms with van der Waals surface area (Å²) in [4.78, 5) is 14.5. The minimum Gasteiger partial charge on any atom is -0.508 e. The standard InChI is InChI=1S/C16H25N3O2/c1-11-10-19(2)8-7-15(11)18-16(21)14(17)9-12-3-5-13(20)6-4-12/h3-6,11,14-15,20H,7-10,17H2,1-2H3,(H,18,21)/t11?,14-,15?/m1/s1. The van der Waals surface area contributed by atoms with Gasteiger partial charge in [-0.15, -0.1) is 0 Å². The van der Waals surface area contributed by atoms with Crippen LogP contribution < -0.4 is 11.1 Å². The molecule has 0 aromatic heterocycles. The topological polar surface area (TPSA) is 78.6 Å². The van der Waals surface area contributed by atoms with E-state index in [2.05, 4.69) is 24.2 Å². The molecule has 3 atom stereocenters. The van der Waals surface area contributed by atoms with E-state index < -0.39 is 6.04 Å². The third-order valence-electron chi connectivity index (χ3n) is 4.16. The van der Waals surface area contributed by atoms with Crippen LogP contribution >= 0.6 is 0 Å². The number of phenolic OH excluding ortho intramolecular Hbond substituents is 1. The van der Waals surface area contributed by atoms with Crippen molar-refractivity contribution in [2.45, 2.75) is 31.8 Å². The minimum atomic E-state index is -0.554. The molecular formula is C16H25N3O2. The maximum Gasteiger partial charge on any atom is 0.237 e. The fraction of sp³-hybridized carbons (Fsp3) is 0.562. The van der Waals surface area contributed by atoms with E-state index in [0.29, 0.717) is 12.3 Å². The van der Waals surface area contributed by atoms with Crippen LogP contribution in [-0.4, -0.2) is 48.1 Å². The number of nitrogens with one attached hydrogen (secondary N) is 1. The first-order valence-corrected chi connectivity index (χ1v) is 7.48. The summed E-state index contributed by atoms with van der Waals surface area (Å²) in [5.74, 6) is 0.565. The average Bonchev–Trinajstić information content (AvgIpc) is 2.44. The summed E-state index contributed by atoms with van der Waals surface area (Å²) in [5.41, 5.74) is 6.94. The summed E-state index contributed by atoms with van der Waals surface area (Å²) in [6.07, 6.45) is 1.45. The molecule has 0 aliphatic carbocycles. The molecule has 0 bridgehead atoms. The number of hydrogen-bond donors (Lipinski definition) is 3. The largest absolute Gasteiger partial charge is 0.508 e. The van der Waals surface area contributed by atoms with Crippen LogP contribution in [-0.2, 0) is 11.2 Å². The van der Waals surface area contributed by atoms with Crippen LogP contribution in [0.1, 0.15) is 18.9 Å². The predicted octanol–water partition coefficient (Wildman–Crippen LogP) is 0.718. The normalized spacial score (nSPS) is 24.5. The van der Waals surface area contributed by atoms with Crippen molar-refractivity contribution < 1.29 is 9.90 Å². The summed E-state index contributed by atoms with van der Waals surface area (Å²) in [6, 6.07) is 6.46. The Labute approximate surface area is 126 Å². The van der Waals surface area contributed by atoms with Gasteiger partial charge in [0.25, 0.3) is 0 Å². The van der Waals surface area contributed by atoms with Crippen molar-refractivity contribution in [1.29, 1.82) is 0 Å². The molecule has 0 saturated carbocycles. The van der Waals surface area contributed by atoms with E-state index in [4.69, 9.17) is 5.73 Å². The maximum absolute atomic E-state index is 12.2. The van der Waals surface area contributed by atoms with Gasteiger partial charge in [-0.1, -0.05) is 19.1 Å². The second-order valence-corrected chi connectivity index (χ2v) is 6.12. The van der Waals surface area contributed by atoms with Crippen molar-refractivity contribution in [3.8, 4) is 5.75 Å². The van der Waals surface area contributed by atoms with Gasteiger partial charge in [0.2, 0.25) is 5.91 Å². The Morgan fingerprint density at radius 1 is 1.48 bits per heavy atom. The van der Waals surface area contributed by atoms with Crippen molar-refractivity contribution >= 4 is 5.91 Å². The molecule has 0 radical (unpaired) electrons. The number of benzene rings is 1. The zero-order valence-electron chi connectivity index (χ0n) is 12.7. The van der Waals surface area contributed by atoms with Gasteiger partial charge in [-0.05, 0) is 50.0 Å². The first kappa shape index (κ1) is 15.8. The molecule has 0 spiro atoms. The molecule has 5 nitrogen and oxygen atoms in total. The predicted molar refractivity (Wildman–Crippen MR) is 83.0 cm³/mol. The van der Waals surface area contributed by atoms with Crippen molar-refractivity contribution in [3.63, 3.8) is 0 Å². The quantitative estimate of drug-likeness (QED) is 0.764. The van der Waals surface area contributed by atoms with Crippen molar-refractivity contribution in [1.82, 2.24) is 10.2 Å². The molecule has 1 heterocycles. The van der Waals surface area contributed by atoms with Crippen LogP contribution in [0.4, 0.5) is 0 Å². The van der Waals surface area contributed by atoms with E-state index in [9.17, 15) is 9.90 Å². The summed E-state index contributed by atoms with van der Waals surface area (Å²) in [6.45, 7) is 4.16. The van der Waals surface area contributed by atoms with Gasteiger partial charge >= 0.3 is 0 Å². The fourth-order valence-corrected chi connectivity index (χ4v) is 2.84. The summed E-state index contributed by atoms with van der Waals surface area (Å²) in [7, 11) is 2.10. The van der Waals surface area contributed by atoms with Crippen LogP contribution in [0.5, 0.6) is 5.75 Å². The number of hydrogen-bond acceptors (Lipinski definition) is 4. The number of phenols is 1. The Morgan fingerprint density at radius 3 is 2.76 bits per heavy atom. The van der Waals surface area contributed by atoms with Gasteiger partial charge in [-0.25, -0.2) is 0 Å². The van der Waals surface area contributed by atoms with E-state index >= 15 is 0 Å². The zero-order valence-corrected chi connectivity index (χ0v) is 12.7. The van der Waals surface area contributed by atoms with Crippen LogP contribution in [0.15, 0.2) is 24.3 Å². The highest BCUT2D eigenvalue weighted by molar-refractivity contribution is 5.82. The first-order chi connectivity index (χ1) is 9.95. The molecule has 116 valence electrons. The summed E-state index contributed by atoms with van der Waals surface area (Å²) < 4.78 is 0. The van der Waals surface area contributed by atoms with Gasteiger partial charge in [-0.3, -0.25) is 4.79 Å². The highest BCUT2D eigenvalue weighted by atomic mass is 16.3. The smallest absolute Gasteiger partial charge is 0.237 e. The third-order valence-corrected chi connectivity index (χ3v) is 4.16. The summed E-state index contributed by atoms with van der Waals surface area (Å²) >= 11 is 0. The number of likely N-dealkylation sites (tertiary alicyclic amines) is 1. The highest BCUT2D eigenvalue weighted by Crippen LogP contribution is 2.16. The van der Waals surface area contributed by atoms with Crippen molar-refractivity contribution in [3.05, 3.63) is 29.8 Å². The van der Waals surface area contributed by atoms with Gasteiger partial charge < -0.3 is 21.1 Å². The maximum atomic E-state index is 12.2. The molecular weight excluding hydrogens is 266 g/mol. The van der Waals surface area contributed by atoms with Crippen LogP contribution in [0.3, 0.4) is 0 Å². The van der Waals surface area contributed by atoms with Crippen molar-refractivity contribution in [2.75, 3.05) is 20.1 Å². The molecule has 1 aliphatic heterocycles. The highest BCUT2D eigenvalue weighted by Gasteiger charge is 2.27. The molecule has 1 fully saturated rings.